The summed E-state index contributed by atoms with van der Waals surface area (Å²) in [4.78, 5) is 0. The van der Waals surface area contributed by atoms with Crippen molar-refractivity contribution in [2.45, 2.75) is 26.2 Å². The van der Waals surface area contributed by atoms with Crippen LogP contribution >= 0.6 is 12.2 Å². The number of hydrogen-bond donors (Lipinski definition) is 2. The van der Waals surface area contributed by atoms with E-state index in [4.69, 9.17) is 12.2 Å². The molecule has 0 saturated heterocycles. The summed E-state index contributed by atoms with van der Waals surface area (Å²) < 4.78 is 42.3. The Hall–Kier alpha value is -3.66. The van der Waals surface area contributed by atoms with Gasteiger partial charge in [0.1, 0.15) is 0 Å². The number of thiocarbonyl (C=S) groups is 1. The highest BCUT2D eigenvalue weighted by Crippen LogP contribution is 2.29. The van der Waals surface area contributed by atoms with E-state index < -0.39 is 11.7 Å². The smallest absolute Gasteiger partial charge is 0.330 e. The number of nitrogens with one attached hydrogen (secondary N) is 2. The Balaban J connectivity index is 1.36. The van der Waals surface area contributed by atoms with Crippen LogP contribution in [0.5, 0.6) is 0 Å². The van der Waals surface area contributed by atoms with E-state index in [1.807, 2.05) is 43.5 Å². The third-order valence-corrected chi connectivity index (χ3v) is 5.09. The molecule has 170 valence electrons. The molecule has 2 N–H and O–H groups in total. The SMILES string of the molecule is Cc1cc(NC(=S)Nc2cnn(Cc3ccccc3)c2)nn1Cc1cccc(C(F)(F)F)c1. The molecule has 0 radical (unpaired) electrons. The van der Waals surface area contributed by atoms with Crippen molar-refractivity contribution in [1.29, 1.82) is 0 Å². The van der Waals surface area contributed by atoms with Gasteiger partial charge in [0.15, 0.2) is 10.9 Å². The van der Waals surface area contributed by atoms with Crippen LogP contribution < -0.4 is 10.6 Å². The lowest BCUT2D eigenvalue weighted by Crippen LogP contribution is -2.19. The van der Waals surface area contributed by atoms with Crippen LogP contribution in [0, 0.1) is 6.92 Å². The molecule has 0 fully saturated rings. The van der Waals surface area contributed by atoms with Crippen molar-refractivity contribution in [3.63, 3.8) is 0 Å². The largest absolute Gasteiger partial charge is 0.416 e. The second-order valence-electron chi connectivity index (χ2n) is 7.52. The van der Waals surface area contributed by atoms with Crippen LogP contribution in [0.25, 0.3) is 0 Å². The van der Waals surface area contributed by atoms with Crippen LogP contribution in [0.15, 0.2) is 73.1 Å². The Bertz CT molecular complexity index is 1250. The summed E-state index contributed by atoms with van der Waals surface area (Å²) in [6.07, 6.45) is -0.860. The number of benzene rings is 2. The van der Waals surface area contributed by atoms with Crippen molar-refractivity contribution in [3.8, 4) is 0 Å². The molecule has 6 nitrogen and oxygen atoms in total. The lowest BCUT2D eigenvalue weighted by atomic mass is 10.1. The summed E-state index contributed by atoms with van der Waals surface area (Å²) in [6, 6.07) is 17.0. The Morgan fingerprint density at radius 3 is 2.48 bits per heavy atom. The fourth-order valence-electron chi connectivity index (χ4n) is 3.31. The first-order valence-corrected chi connectivity index (χ1v) is 10.5. The van der Waals surface area contributed by atoms with E-state index >= 15 is 0 Å². The first kappa shape index (κ1) is 22.5. The van der Waals surface area contributed by atoms with Gasteiger partial charge < -0.3 is 10.6 Å². The third-order valence-electron chi connectivity index (χ3n) is 4.89. The first-order chi connectivity index (χ1) is 15.8. The normalized spacial score (nSPS) is 11.4. The molecule has 2 aromatic heterocycles. The topological polar surface area (TPSA) is 59.7 Å². The highest BCUT2D eigenvalue weighted by atomic mass is 32.1. The third kappa shape index (κ3) is 5.98. The van der Waals surface area contributed by atoms with Gasteiger partial charge in [-0.25, -0.2) is 0 Å². The summed E-state index contributed by atoms with van der Waals surface area (Å²) in [6.45, 7) is 2.68. The molecule has 0 aliphatic rings. The predicted octanol–water partition coefficient (Wildman–Crippen LogP) is 5.31. The van der Waals surface area contributed by atoms with Crippen molar-refractivity contribution < 1.29 is 13.2 Å². The number of alkyl halides is 3. The average molecular weight is 471 g/mol. The van der Waals surface area contributed by atoms with Crippen molar-refractivity contribution >= 4 is 28.8 Å². The van der Waals surface area contributed by atoms with Crippen LogP contribution in [0.1, 0.15) is 22.4 Å². The van der Waals surface area contributed by atoms with Gasteiger partial charge in [0, 0.05) is 18.0 Å². The van der Waals surface area contributed by atoms with E-state index in [0.29, 0.717) is 23.0 Å². The minimum atomic E-state index is -4.38. The highest BCUT2D eigenvalue weighted by Gasteiger charge is 2.30. The van der Waals surface area contributed by atoms with Crippen LogP contribution in [0.4, 0.5) is 24.7 Å². The second kappa shape index (κ2) is 9.45. The molecule has 4 aromatic rings. The Morgan fingerprint density at radius 2 is 1.73 bits per heavy atom. The maximum atomic E-state index is 13.0. The summed E-state index contributed by atoms with van der Waals surface area (Å²) in [7, 11) is 0. The lowest BCUT2D eigenvalue weighted by Gasteiger charge is -2.10. The molecule has 10 heteroatoms. The summed E-state index contributed by atoms with van der Waals surface area (Å²) in [5, 5.41) is 15.1. The monoisotopic (exact) mass is 470 g/mol. The molecular weight excluding hydrogens is 449 g/mol. The van der Waals surface area contributed by atoms with Crippen molar-refractivity contribution in [1.82, 2.24) is 19.6 Å². The molecule has 0 saturated carbocycles. The van der Waals surface area contributed by atoms with Crippen molar-refractivity contribution in [2.24, 2.45) is 0 Å². The van der Waals surface area contributed by atoms with Crippen LogP contribution in [0.2, 0.25) is 0 Å². The van der Waals surface area contributed by atoms with Gasteiger partial charge in [-0.2, -0.15) is 23.4 Å². The maximum absolute atomic E-state index is 13.0. The molecule has 2 heterocycles. The van der Waals surface area contributed by atoms with Gasteiger partial charge in [-0.05, 0) is 42.4 Å². The quantitative estimate of drug-likeness (QED) is 0.374. The molecule has 0 amide bonds. The van der Waals surface area contributed by atoms with Gasteiger partial charge in [-0.15, -0.1) is 0 Å². The number of halogens is 3. The van der Waals surface area contributed by atoms with Crippen LogP contribution in [-0.2, 0) is 19.3 Å². The Labute approximate surface area is 194 Å². The predicted molar refractivity (Wildman–Crippen MR) is 125 cm³/mol. The number of nitrogens with zero attached hydrogens (tertiary/aromatic N) is 4. The standard InChI is InChI=1S/C23H21F3N6S/c1-16-10-21(30-32(16)14-18-8-5-9-19(11-18)23(24,25)26)29-22(33)28-20-12-27-31(15-20)13-17-6-3-2-4-7-17/h2-12,15H,13-14H2,1H3,(H2,28,29,30,33). The van der Waals surface area contributed by atoms with E-state index in [1.165, 1.54) is 6.07 Å². The summed E-state index contributed by atoms with van der Waals surface area (Å²) >= 11 is 5.36. The highest BCUT2D eigenvalue weighted by molar-refractivity contribution is 7.80. The molecule has 0 unspecified atom stereocenters. The summed E-state index contributed by atoms with van der Waals surface area (Å²) in [5.41, 5.74) is 2.47. The average Bonchev–Trinajstić information content (AvgIpc) is 3.34. The molecule has 0 bridgehead atoms. The fraction of sp³-hybridized carbons (Fsp3) is 0.174. The Kier molecular flexibility index (Phi) is 6.45. The zero-order valence-corrected chi connectivity index (χ0v) is 18.5. The number of aromatic nitrogens is 4. The number of hydrogen-bond acceptors (Lipinski definition) is 3. The van der Waals surface area contributed by atoms with Gasteiger partial charge in [0.05, 0.1) is 30.5 Å². The van der Waals surface area contributed by atoms with Crippen LogP contribution in [0.3, 0.4) is 0 Å². The lowest BCUT2D eigenvalue weighted by molar-refractivity contribution is -0.137. The van der Waals surface area contributed by atoms with Crippen molar-refractivity contribution in [3.05, 3.63) is 95.4 Å². The molecule has 0 aliphatic heterocycles. The van der Waals surface area contributed by atoms with Crippen molar-refractivity contribution in [2.75, 3.05) is 10.6 Å². The molecule has 2 aromatic carbocycles. The molecule has 0 atom stereocenters. The minimum absolute atomic E-state index is 0.212. The molecule has 0 aliphatic carbocycles. The molecule has 0 spiro atoms. The van der Waals surface area contributed by atoms with Gasteiger partial charge in [0.2, 0.25) is 0 Å². The summed E-state index contributed by atoms with van der Waals surface area (Å²) in [5.74, 6) is 0.494. The van der Waals surface area contributed by atoms with E-state index in [1.54, 1.807) is 27.7 Å². The Morgan fingerprint density at radius 1 is 0.970 bits per heavy atom. The fourth-order valence-corrected chi connectivity index (χ4v) is 3.54. The van der Waals surface area contributed by atoms with E-state index in [0.717, 1.165) is 29.1 Å². The second-order valence-corrected chi connectivity index (χ2v) is 7.93. The molecule has 33 heavy (non-hydrogen) atoms. The zero-order valence-electron chi connectivity index (χ0n) is 17.7. The number of rotatable bonds is 6. The van der Waals surface area contributed by atoms with Gasteiger partial charge in [-0.1, -0.05) is 42.5 Å². The first-order valence-electron chi connectivity index (χ1n) is 10.1. The minimum Gasteiger partial charge on any atom is -0.330 e. The van der Waals surface area contributed by atoms with E-state index in [-0.39, 0.29) is 6.54 Å². The number of anilines is 2. The molecule has 4 rings (SSSR count). The van der Waals surface area contributed by atoms with E-state index in [2.05, 4.69) is 20.8 Å². The molecular formula is C23H21F3N6S. The van der Waals surface area contributed by atoms with E-state index in [9.17, 15) is 13.2 Å². The van der Waals surface area contributed by atoms with Gasteiger partial charge >= 0.3 is 6.18 Å². The van der Waals surface area contributed by atoms with Crippen LogP contribution in [-0.4, -0.2) is 24.7 Å². The number of aryl methyl sites for hydroxylation is 1. The van der Waals surface area contributed by atoms with Gasteiger partial charge in [-0.3, -0.25) is 9.36 Å². The van der Waals surface area contributed by atoms with Gasteiger partial charge in [0.25, 0.3) is 0 Å². The maximum Gasteiger partial charge on any atom is 0.416 e. The zero-order chi connectivity index (χ0) is 23.4.